The van der Waals surface area contributed by atoms with Crippen LogP contribution in [0.1, 0.15) is 25.3 Å². The number of aromatic amines is 1. The lowest BCUT2D eigenvalue weighted by Crippen LogP contribution is -2.25. The van der Waals surface area contributed by atoms with Crippen molar-refractivity contribution in [1.82, 2.24) is 20.1 Å². The molecule has 142 valence electrons. The summed E-state index contributed by atoms with van der Waals surface area (Å²) in [7, 11) is 3.14. The van der Waals surface area contributed by atoms with Crippen molar-refractivity contribution in [2.75, 3.05) is 20.0 Å². The Bertz CT molecular complexity index is 787. The molecule has 8 nitrogen and oxygen atoms in total. The van der Waals surface area contributed by atoms with E-state index in [-0.39, 0.29) is 17.3 Å². The number of benzene rings is 1. The molecule has 2 rings (SSSR count). The number of amides is 1. The second kappa shape index (κ2) is 9.91. The second-order valence-electron chi connectivity index (χ2n) is 5.57. The van der Waals surface area contributed by atoms with Crippen molar-refractivity contribution in [3.8, 4) is 11.5 Å². The molecule has 0 bridgehead atoms. The average molecular weight is 380 g/mol. The number of carbonyl (C=O) groups is 1. The van der Waals surface area contributed by atoms with Gasteiger partial charge in [-0.1, -0.05) is 31.2 Å². The van der Waals surface area contributed by atoms with Crippen molar-refractivity contribution in [1.29, 1.82) is 0 Å². The molecule has 0 saturated carbocycles. The molecule has 0 aliphatic rings. The first-order chi connectivity index (χ1) is 12.6. The Morgan fingerprint density at radius 3 is 2.77 bits per heavy atom. The van der Waals surface area contributed by atoms with Crippen molar-refractivity contribution < 1.29 is 14.3 Å². The van der Waals surface area contributed by atoms with Crippen molar-refractivity contribution >= 4 is 17.7 Å². The highest BCUT2D eigenvalue weighted by atomic mass is 32.2. The number of hydrogen-bond acceptors (Lipinski definition) is 6. The summed E-state index contributed by atoms with van der Waals surface area (Å²) >= 11 is 1.24. The Kier molecular flexibility index (Phi) is 7.58. The number of ether oxygens (including phenoxy) is 2. The highest BCUT2D eigenvalue weighted by molar-refractivity contribution is 7.99. The summed E-state index contributed by atoms with van der Waals surface area (Å²) in [5.74, 6) is 1.30. The van der Waals surface area contributed by atoms with E-state index >= 15 is 0 Å². The molecule has 2 N–H and O–H groups in total. The third-order valence-electron chi connectivity index (χ3n) is 3.73. The maximum absolute atomic E-state index is 12.1. The average Bonchev–Trinajstić information content (AvgIpc) is 3.02. The predicted octanol–water partition coefficient (Wildman–Crippen LogP) is 1.80. The third-order valence-corrected chi connectivity index (χ3v) is 4.70. The molecule has 0 aliphatic heterocycles. The van der Waals surface area contributed by atoms with Gasteiger partial charge in [0.25, 0.3) is 0 Å². The van der Waals surface area contributed by atoms with Crippen LogP contribution in [0, 0.1) is 0 Å². The molecule has 0 fully saturated rings. The van der Waals surface area contributed by atoms with E-state index in [9.17, 15) is 9.59 Å². The Morgan fingerprint density at radius 2 is 2.08 bits per heavy atom. The fourth-order valence-electron chi connectivity index (χ4n) is 2.30. The largest absolute Gasteiger partial charge is 0.493 e. The maximum atomic E-state index is 12.1. The zero-order valence-corrected chi connectivity index (χ0v) is 16.0. The molecule has 2 aromatic rings. The molecule has 1 aromatic carbocycles. The van der Waals surface area contributed by atoms with Crippen LogP contribution in [-0.4, -0.2) is 40.6 Å². The number of methoxy groups -OCH3 is 2. The van der Waals surface area contributed by atoms with Crippen molar-refractivity contribution in [2.24, 2.45) is 0 Å². The van der Waals surface area contributed by atoms with E-state index in [0.717, 1.165) is 18.4 Å². The standard InChI is InChI=1S/C17H24N4O4S/c1-4-5-8-21-16(23)19-20-17(21)26-11-15(22)18-10-12-6-7-13(24-2)14(9-12)25-3/h6-7,9H,4-5,8,10-11H2,1-3H3,(H,18,22)(H,19,23). The second-order valence-corrected chi connectivity index (χ2v) is 6.51. The molecule has 0 saturated heterocycles. The fraction of sp³-hybridized carbons (Fsp3) is 0.471. The lowest BCUT2D eigenvalue weighted by Gasteiger charge is -2.10. The van der Waals surface area contributed by atoms with Crippen LogP contribution < -0.4 is 20.5 Å². The lowest BCUT2D eigenvalue weighted by molar-refractivity contribution is -0.118. The minimum absolute atomic E-state index is 0.137. The fourth-order valence-corrected chi connectivity index (χ4v) is 3.10. The number of nitrogens with zero attached hydrogens (tertiary/aromatic N) is 2. The predicted molar refractivity (Wildman–Crippen MR) is 99.9 cm³/mol. The van der Waals surface area contributed by atoms with Gasteiger partial charge in [-0.15, -0.1) is 5.10 Å². The molecular formula is C17H24N4O4S. The van der Waals surface area contributed by atoms with Crippen LogP contribution in [0.3, 0.4) is 0 Å². The van der Waals surface area contributed by atoms with Crippen LogP contribution in [0.25, 0.3) is 0 Å². The highest BCUT2D eigenvalue weighted by Crippen LogP contribution is 2.27. The van der Waals surface area contributed by atoms with E-state index < -0.39 is 0 Å². The number of aromatic nitrogens is 3. The van der Waals surface area contributed by atoms with Gasteiger partial charge in [-0.05, 0) is 24.1 Å². The van der Waals surface area contributed by atoms with Crippen LogP contribution in [-0.2, 0) is 17.9 Å². The van der Waals surface area contributed by atoms with Gasteiger partial charge in [0.1, 0.15) is 0 Å². The normalized spacial score (nSPS) is 10.6. The van der Waals surface area contributed by atoms with Gasteiger partial charge >= 0.3 is 5.69 Å². The van der Waals surface area contributed by atoms with Crippen molar-refractivity contribution in [2.45, 2.75) is 38.0 Å². The quantitative estimate of drug-likeness (QED) is 0.610. The molecule has 0 spiro atoms. The molecular weight excluding hydrogens is 356 g/mol. The highest BCUT2D eigenvalue weighted by Gasteiger charge is 2.11. The molecule has 1 aromatic heterocycles. The van der Waals surface area contributed by atoms with E-state index in [4.69, 9.17) is 9.47 Å². The van der Waals surface area contributed by atoms with Crippen LogP contribution in [0.2, 0.25) is 0 Å². The molecule has 1 amide bonds. The van der Waals surface area contributed by atoms with E-state index in [1.165, 1.54) is 11.8 Å². The van der Waals surface area contributed by atoms with E-state index in [1.807, 2.05) is 12.1 Å². The minimum atomic E-state index is -0.244. The minimum Gasteiger partial charge on any atom is -0.493 e. The Hall–Kier alpha value is -2.42. The SMILES string of the molecule is CCCCn1c(SCC(=O)NCc2ccc(OC)c(OC)c2)n[nH]c1=O. The zero-order chi connectivity index (χ0) is 18.9. The number of thioether (sulfide) groups is 1. The summed E-state index contributed by atoms with van der Waals surface area (Å²) in [6.07, 6.45) is 1.87. The molecule has 26 heavy (non-hydrogen) atoms. The van der Waals surface area contributed by atoms with Crippen molar-refractivity contribution in [3.05, 3.63) is 34.2 Å². The first kappa shape index (κ1) is 19.9. The van der Waals surface area contributed by atoms with Gasteiger partial charge in [0.2, 0.25) is 5.91 Å². The number of unbranched alkanes of at least 4 members (excludes halogenated alkanes) is 1. The molecule has 0 atom stereocenters. The maximum Gasteiger partial charge on any atom is 0.343 e. The van der Waals surface area contributed by atoms with Gasteiger partial charge in [0.15, 0.2) is 16.7 Å². The first-order valence-electron chi connectivity index (χ1n) is 8.34. The Morgan fingerprint density at radius 1 is 1.31 bits per heavy atom. The van der Waals surface area contributed by atoms with Crippen LogP contribution in [0.4, 0.5) is 0 Å². The smallest absolute Gasteiger partial charge is 0.343 e. The van der Waals surface area contributed by atoms with Gasteiger partial charge in [-0.25, -0.2) is 9.89 Å². The van der Waals surface area contributed by atoms with Gasteiger partial charge in [-0.2, -0.15) is 0 Å². The molecule has 9 heteroatoms. The zero-order valence-electron chi connectivity index (χ0n) is 15.2. The number of rotatable bonds is 10. The summed E-state index contributed by atoms with van der Waals surface area (Å²) in [5, 5.41) is 9.79. The van der Waals surface area contributed by atoms with Crippen LogP contribution in [0.15, 0.2) is 28.2 Å². The molecule has 0 unspecified atom stereocenters. The number of hydrogen-bond donors (Lipinski definition) is 2. The van der Waals surface area contributed by atoms with Gasteiger partial charge < -0.3 is 14.8 Å². The number of nitrogens with one attached hydrogen (secondary N) is 2. The molecule has 0 aliphatic carbocycles. The third kappa shape index (κ3) is 5.29. The van der Waals surface area contributed by atoms with E-state index in [2.05, 4.69) is 22.4 Å². The molecule has 0 radical (unpaired) electrons. The van der Waals surface area contributed by atoms with Gasteiger partial charge in [0.05, 0.1) is 20.0 Å². The Labute approximate surface area is 156 Å². The van der Waals surface area contributed by atoms with Crippen LogP contribution >= 0.6 is 11.8 Å². The van der Waals surface area contributed by atoms with E-state index in [0.29, 0.717) is 29.7 Å². The summed E-state index contributed by atoms with van der Waals surface area (Å²) in [6.45, 7) is 3.03. The number of H-pyrrole nitrogens is 1. The lowest BCUT2D eigenvalue weighted by atomic mass is 10.2. The summed E-state index contributed by atoms with van der Waals surface area (Å²) in [5.41, 5.74) is 0.660. The topological polar surface area (TPSA) is 98.2 Å². The number of carbonyl (C=O) groups excluding carboxylic acids is 1. The van der Waals surface area contributed by atoms with Gasteiger partial charge in [-0.3, -0.25) is 9.36 Å². The molecule has 1 heterocycles. The summed E-state index contributed by atoms with van der Waals surface area (Å²) < 4.78 is 12.0. The Balaban J connectivity index is 1.87. The van der Waals surface area contributed by atoms with Crippen molar-refractivity contribution in [3.63, 3.8) is 0 Å². The van der Waals surface area contributed by atoms with Gasteiger partial charge in [0, 0.05) is 13.1 Å². The van der Waals surface area contributed by atoms with E-state index in [1.54, 1.807) is 24.9 Å². The summed E-state index contributed by atoms with van der Waals surface area (Å²) in [4.78, 5) is 23.8. The monoisotopic (exact) mass is 380 g/mol. The summed E-state index contributed by atoms with van der Waals surface area (Å²) in [6, 6.07) is 5.48. The first-order valence-corrected chi connectivity index (χ1v) is 9.33. The van der Waals surface area contributed by atoms with Crippen LogP contribution in [0.5, 0.6) is 11.5 Å².